The van der Waals surface area contributed by atoms with Gasteiger partial charge in [-0.25, -0.2) is 16.8 Å². The molecule has 74 heavy (non-hydrogen) atoms. The predicted molar refractivity (Wildman–Crippen MR) is 306 cm³/mol. The molecule has 0 amide bonds. The van der Waals surface area contributed by atoms with E-state index in [0.717, 1.165) is 62.3 Å². The van der Waals surface area contributed by atoms with Crippen LogP contribution in [0.15, 0.2) is 143 Å². The number of rotatable bonds is 19. The Kier molecular flexibility index (Phi) is 20.2. The molecule has 0 aliphatic carbocycles. The van der Waals surface area contributed by atoms with Crippen molar-refractivity contribution in [1.82, 2.24) is 9.80 Å². The summed E-state index contributed by atoms with van der Waals surface area (Å²) < 4.78 is 48.0. The number of benzene rings is 7. The van der Waals surface area contributed by atoms with Gasteiger partial charge in [-0.05, 0) is 147 Å². The van der Waals surface area contributed by atoms with Crippen molar-refractivity contribution in [3.63, 3.8) is 0 Å². The fraction of sp³-hybridized carbons (Fsp3) is 0.241. The minimum absolute atomic E-state index is 0.0868. The first-order chi connectivity index (χ1) is 35.3. The van der Waals surface area contributed by atoms with E-state index in [1.54, 1.807) is 38.1 Å². The Morgan fingerprint density at radius 1 is 0.500 bits per heavy atom. The molecule has 0 spiro atoms. The highest BCUT2D eigenvalue weighted by molar-refractivity contribution is 7.91. The number of hydrogen-bond donors (Lipinski definition) is 2. The first-order valence-corrected chi connectivity index (χ1v) is 28.6. The third kappa shape index (κ3) is 14.9. The molecule has 0 aromatic heterocycles. The van der Waals surface area contributed by atoms with Gasteiger partial charge in [-0.3, -0.25) is 0 Å². The molecule has 16 heteroatoms. The highest BCUT2D eigenvalue weighted by Crippen LogP contribution is 2.41. The Balaban J connectivity index is 0.000000244. The van der Waals surface area contributed by atoms with Crippen LogP contribution in [-0.2, 0) is 45.6 Å². The molecular formula is C58H58Cl4N6O4S2. The molecule has 384 valence electrons. The van der Waals surface area contributed by atoms with Crippen LogP contribution in [-0.4, -0.2) is 79.4 Å². The average molecular weight is 1110 g/mol. The predicted octanol–water partition coefficient (Wildman–Crippen LogP) is 13.8. The van der Waals surface area contributed by atoms with E-state index in [1.165, 1.54) is 0 Å². The van der Waals surface area contributed by atoms with Crippen LogP contribution in [0, 0.1) is 22.7 Å². The van der Waals surface area contributed by atoms with E-state index in [4.69, 9.17) is 46.4 Å². The summed E-state index contributed by atoms with van der Waals surface area (Å²) in [6.45, 7) is 5.91. The van der Waals surface area contributed by atoms with E-state index in [-0.39, 0.29) is 11.5 Å². The standard InChI is InChI=1S/C32H31Cl2N3O2S.C26H27Cl2N3O2S/c1-4-40(38,39)27-13-9-22(10-14-27)15-16-36-31-8-6-5-7-28(31)25-18-29(33)32(30(34)19-25)23-11-12-24(21-37(2)3)26(17-23)20-35;1-4-34(32,33)23-9-5-18(6-10-23)11-12-30-22-14-24(27)26(25(28)15-22)19-7-8-20(17-31(2)3)21(13-19)16-29/h5-14,17-19,36H,4,15-16,21H2,1-3H3;5-10,13-15,30H,4,11-12,17H2,1-3H3. The molecule has 7 aromatic carbocycles. The van der Waals surface area contributed by atoms with Crippen molar-refractivity contribution in [3.8, 4) is 45.5 Å². The van der Waals surface area contributed by atoms with E-state index in [9.17, 15) is 27.4 Å². The first kappa shape index (κ1) is 57.4. The molecule has 2 N–H and O–H groups in total. The van der Waals surface area contributed by atoms with Crippen molar-refractivity contribution in [1.29, 1.82) is 10.5 Å². The molecule has 0 aliphatic heterocycles. The summed E-state index contributed by atoms with van der Waals surface area (Å²) in [6, 6.07) is 45.4. The minimum atomic E-state index is -3.21. The van der Waals surface area contributed by atoms with Crippen LogP contribution < -0.4 is 10.6 Å². The highest BCUT2D eigenvalue weighted by atomic mass is 35.5. The van der Waals surface area contributed by atoms with Crippen LogP contribution in [0.25, 0.3) is 33.4 Å². The van der Waals surface area contributed by atoms with Crippen molar-refractivity contribution in [2.24, 2.45) is 0 Å². The third-order valence-corrected chi connectivity index (χ3v) is 16.8. The zero-order valence-electron chi connectivity index (χ0n) is 42.1. The van der Waals surface area contributed by atoms with Gasteiger partial charge in [0.2, 0.25) is 0 Å². The van der Waals surface area contributed by atoms with Gasteiger partial charge in [0.15, 0.2) is 19.7 Å². The number of nitriles is 2. The lowest BCUT2D eigenvalue weighted by molar-refractivity contribution is 0.402. The maximum Gasteiger partial charge on any atom is 0.178 e. The van der Waals surface area contributed by atoms with Gasteiger partial charge in [-0.15, -0.1) is 0 Å². The lowest BCUT2D eigenvalue weighted by Crippen LogP contribution is -2.11. The van der Waals surface area contributed by atoms with E-state index in [2.05, 4.69) is 22.8 Å². The van der Waals surface area contributed by atoms with E-state index in [1.807, 2.05) is 147 Å². The number of para-hydroxylation sites is 1. The second kappa shape index (κ2) is 26.0. The summed E-state index contributed by atoms with van der Waals surface area (Å²) in [6.07, 6.45) is 1.44. The molecule has 0 aliphatic rings. The molecule has 10 nitrogen and oxygen atoms in total. The fourth-order valence-electron chi connectivity index (χ4n) is 8.23. The number of halogens is 4. The van der Waals surface area contributed by atoms with Crippen molar-refractivity contribution >= 4 is 77.5 Å². The van der Waals surface area contributed by atoms with Crippen molar-refractivity contribution < 1.29 is 16.8 Å². The van der Waals surface area contributed by atoms with Gasteiger partial charge >= 0.3 is 0 Å². The zero-order valence-corrected chi connectivity index (χ0v) is 46.8. The number of nitrogens with one attached hydrogen (secondary N) is 2. The lowest BCUT2D eigenvalue weighted by atomic mass is 9.96. The topological polar surface area (TPSA) is 146 Å². The number of hydrogen-bond acceptors (Lipinski definition) is 10. The minimum Gasteiger partial charge on any atom is -0.385 e. The van der Waals surface area contributed by atoms with Crippen LogP contribution in [0.5, 0.6) is 0 Å². The summed E-state index contributed by atoms with van der Waals surface area (Å²) in [5.41, 5.74) is 11.7. The molecule has 0 bridgehead atoms. The second-order valence-corrected chi connectivity index (χ2v) is 24.3. The largest absolute Gasteiger partial charge is 0.385 e. The maximum absolute atomic E-state index is 12.1. The SMILES string of the molecule is CCS(=O)(=O)c1ccc(CCNc2cc(Cl)c(-c3ccc(CN(C)C)c(C#N)c3)c(Cl)c2)cc1.CCS(=O)(=O)c1ccc(CCNc2ccccc2-c2cc(Cl)c(-c3ccc(CN(C)C)c(C#N)c3)c(Cl)c2)cc1. The van der Waals surface area contributed by atoms with Gasteiger partial charge in [-0.1, -0.05) is 127 Å². The maximum atomic E-state index is 12.1. The Hall–Kier alpha value is -5.90. The third-order valence-electron chi connectivity index (χ3n) is 12.1. The van der Waals surface area contributed by atoms with Crippen LogP contribution in [0.1, 0.15) is 47.2 Å². The molecule has 7 rings (SSSR count). The van der Waals surface area contributed by atoms with Gasteiger partial charge in [0.05, 0.1) is 64.7 Å². The number of anilines is 2. The van der Waals surface area contributed by atoms with Crippen LogP contribution in [0.2, 0.25) is 20.1 Å². The Morgan fingerprint density at radius 2 is 0.905 bits per heavy atom. The molecule has 0 atom stereocenters. The Bertz CT molecular complexity index is 3380. The summed E-state index contributed by atoms with van der Waals surface area (Å²) >= 11 is 26.8. The van der Waals surface area contributed by atoms with Crippen molar-refractivity contribution in [3.05, 3.63) is 187 Å². The van der Waals surface area contributed by atoms with E-state index >= 15 is 0 Å². The summed E-state index contributed by atoms with van der Waals surface area (Å²) in [7, 11) is 1.45. The van der Waals surface area contributed by atoms with Gasteiger partial charge < -0.3 is 20.4 Å². The summed E-state index contributed by atoms with van der Waals surface area (Å²) in [4.78, 5) is 4.72. The van der Waals surface area contributed by atoms with Crippen LogP contribution in [0.4, 0.5) is 11.4 Å². The van der Waals surface area contributed by atoms with Gasteiger partial charge in [0.1, 0.15) is 0 Å². The fourth-order valence-corrected chi connectivity index (χ4v) is 11.4. The molecule has 0 heterocycles. The Morgan fingerprint density at radius 3 is 1.31 bits per heavy atom. The Labute approximate surface area is 456 Å². The van der Waals surface area contributed by atoms with Crippen molar-refractivity contribution in [2.75, 3.05) is 63.4 Å². The van der Waals surface area contributed by atoms with E-state index < -0.39 is 19.7 Å². The van der Waals surface area contributed by atoms with Crippen LogP contribution >= 0.6 is 46.4 Å². The van der Waals surface area contributed by atoms with Crippen LogP contribution in [0.3, 0.4) is 0 Å². The zero-order chi connectivity index (χ0) is 53.7. The molecule has 7 aromatic rings. The van der Waals surface area contributed by atoms with Gasteiger partial charge in [0, 0.05) is 54.2 Å². The van der Waals surface area contributed by atoms with Gasteiger partial charge in [0.25, 0.3) is 0 Å². The smallest absolute Gasteiger partial charge is 0.178 e. The normalized spacial score (nSPS) is 11.4. The average Bonchev–Trinajstić information content (AvgIpc) is 3.37. The van der Waals surface area contributed by atoms with E-state index in [0.29, 0.717) is 84.7 Å². The second-order valence-electron chi connectivity index (χ2n) is 18.1. The monoisotopic (exact) mass is 1110 g/mol. The first-order valence-electron chi connectivity index (χ1n) is 23.8. The molecule has 0 saturated carbocycles. The molecular weight excluding hydrogens is 1050 g/mol. The molecule has 0 unspecified atom stereocenters. The molecule has 0 radical (unpaired) electrons. The lowest BCUT2D eigenvalue weighted by Gasteiger charge is -2.16. The summed E-state index contributed by atoms with van der Waals surface area (Å²) in [5.74, 6) is 0.174. The van der Waals surface area contributed by atoms with Crippen molar-refractivity contribution in [2.45, 2.75) is 49.6 Å². The summed E-state index contributed by atoms with van der Waals surface area (Å²) in [5, 5.41) is 28.1. The van der Waals surface area contributed by atoms with Gasteiger partial charge in [-0.2, -0.15) is 10.5 Å². The number of nitrogens with zero attached hydrogens (tertiary/aromatic N) is 4. The molecule has 0 fully saturated rings. The highest BCUT2D eigenvalue weighted by Gasteiger charge is 2.18. The quantitative estimate of drug-likeness (QED) is 0.0802. The number of sulfone groups is 2. The molecule has 0 saturated heterocycles.